The first-order valence-corrected chi connectivity index (χ1v) is 5.73. The van der Waals surface area contributed by atoms with Gasteiger partial charge in [0.2, 0.25) is 0 Å². The highest BCUT2D eigenvalue weighted by Gasteiger charge is 2.16. The topological polar surface area (TPSA) is 55.2 Å². The molecule has 0 aliphatic heterocycles. The van der Waals surface area contributed by atoms with E-state index in [1.165, 1.54) is 6.07 Å². The standard InChI is InChI=1S/C10H12BrFN2O2/c1-2-3-4-13-9-5-7(11)8(12)6-10(9)14(15)16/h5-6,13H,2-4H2,1H3. The van der Waals surface area contributed by atoms with Gasteiger partial charge in [0.25, 0.3) is 5.69 Å². The van der Waals surface area contributed by atoms with Gasteiger partial charge in [0.05, 0.1) is 15.5 Å². The minimum atomic E-state index is -0.632. The zero-order chi connectivity index (χ0) is 12.1. The Bertz CT molecular complexity index is 399. The smallest absolute Gasteiger partial charge is 0.295 e. The Morgan fingerprint density at radius 1 is 1.56 bits per heavy atom. The average Bonchev–Trinajstić information content (AvgIpc) is 2.23. The van der Waals surface area contributed by atoms with Crippen molar-refractivity contribution in [3.63, 3.8) is 0 Å². The second-order valence-electron chi connectivity index (χ2n) is 3.32. The number of nitro benzene ring substituents is 1. The highest BCUT2D eigenvalue weighted by molar-refractivity contribution is 9.10. The summed E-state index contributed by atoms with van der Waals surface area (Å²) in [6.07, 6.45) is 1.90. The van der Waals surface area contributed by atoms with E-state index in [0.717, 1.165) is 18.9 Å². The Hall–Kier alpha value is -1.17. The van der Waals surface area contributed by atoms with Gasteiger partial charge in [0.15, 0.2) is 0 Å². The third kappa shape index (κ3) is 3.16. The number of hydrogen-bond donors (Lipinski definition) is 1. The molecule has 1 aromatic carbocycles. The van der Waals surface area contributed by atoms with E-state index in [9.17, 15) is 14.5 Å². The third-order valence-corrected chi connectivity index (χ3v) is 2.69. The van der Waals surface area contributed by atoms with Crippen LogP contribution in [0.2, 0.25) is 0 Å². The molecule has 0 atom stereocenters. The molecular weight excluding hydrogens is 279 g/mol. The maximum Gasteiger partial charge on any atom is 0.295 e. The zero-order valence-electron chi connectivity index (χ0n) is 8.80. The Kier molecular flexibility index (Phi) is 4.67. The number of anilines is 1. The lowest BCUT2D eigenvalue weighted by atomic mass is 10.2. The van der Waals surface area contributed by atoms with E-state index in [2.05, 4.69) is 21.2 Å². The molecule has 0 unspecified atom stereocenters. The van der Waals surface area contributed by atoms with E-state index in [0.29, 0.717) is 12.2 Å². The van der Waals surface area contributed by atoms with Crippen molar-refractivity contribution in [3.05, 3.63) is 32.5 Å². The van der Waals surface area contributed by atoms with Crippen LogP contribution in [-0.2, 0) is 0 Å². The van der Waals surface area contributed by atoms with Gasteiger partial charge in [-0.3, -0.25) is 10.1 Å². The third-order valence-electron chi connectivity index (χ3n) is 2.08. The van der Waals surface area contributed by atoms with Crippen LogP contribution in [0.15, 0.2) is 16.6 Å². The Balaban J connectivity index is 2.95. The van der Waals surface area contributed by atoms with E-state index in [4.69, 9.17) is 0 Å². The average molecular weight is 291 g/mol. The van der Waals surface area contributed by atoms with Gasteiger partial charge in [0.1, 0.15) is 11.5 Å². The van der Waals surface area contributed by atoms with E-state index >= 15 is 0 Å². The molecule has 1 N–H and O–H groups in total. The first-order valence-electron chi connectivity index (χ1n) is 4.93. The molecule has 1 rings (SSSR count). The number of nitrogens with one attached hydrogen (secondary N) is 1. The van der Waals surface area contributed by atoms with Crippen molar-refractivity contribution in [1.29, 1.82) is 0 Å². The minimum absolute atomic E-state index is 0.220. The Morgan fingerprint density at radius 2 is 2.25 bits per heavy atom. The van der Waals surface area contributed by atoms with Gasteiger partial charge in [-0.25, -0.2) is 4.39 Å². The van der Waals surface area contributed by atoms with Crippen molar-refractivity contribution in [3.8, 4) is 0 Å². The first-order chi connectivity index (χ1) is 7.56. The Morgan fingerprint density at radius 3 is 2.81 bits per heavy atom. The van der Waals surface area contributed by atoms with Crippen LogP contribution in [0, 0.1) is 15.9 Å². The lowest BCUT2D eigenvalue weighted by Crippen LogP contribution is -2.04. The highest BCUT2D eigenvalue weighted by atomic mass is 79.9. The molecule has 1 aromatic rings. The monoisotopic (exact) mass is 290 g/mol. The summed E-state index contributed by atoms with van der Waals surface area (Å²) >= 11 is 3.00. The van der Waals surface area contributed by atoms with E-state index in [-0.39, 0.29) is 10.2 Å². The van der Waals surface area contributed by atoms with Crippen molar-refractivity contribution >= 4 is 27.3 Å². The van der Waals surface area contributed by atoms with Gasteiger partial charge in [0, 0.05) is 6.54 Å². The second kappa shape index (κ2) is 5.79. The number of benzene rings is 1. The molecular formula is C10H12BrFN2O2. The quantitative estimate of drug-likeness (QED) is 0.511. The van der Waals surface area contributed by atoms with Crippen LogP contribution < -0.4 is 5.32 Å². The molecule has 0 aromatic heterocycles. The van der Waals surface area contributed by atoms with Crippen LogP contribution in [0.5, 0.6) is 0 Å². The van der Waals surface area contributed by atoms with E-state index in [1.54, 1.807) is 0 Å². The molecule has 0 bridgehead atoms. The molecule has 0 aliphatic rings. The summed E-state index contributed by atoms with van der Waals surface area (Å²) < 4.78 is 13.3. The second-order valence-corrected chi connectivity index (χ2v) is 4.18. The zero-order valence-corrected chi connectivity index (χ0v) is 10.4. The fourth-order valence-electron chi connectivity index (χ4n) is 1.23. The molecule has 0 spiro atoms. The molecule has 6 heteroatoms. The number of unbranched alkanes of at least 4 members (excludes halogenated alkanes) is 1. The maximum absolute atomic E-state index is 13.1. The molecule has 0 heterocycles. The summed E-state index contributed by atoms with van der Waals surface area (Å²) in [5, 5.41) is 13.6. The molecule has 0 saturated carbocycles. The molecule has 16 heavy (non-hydrogen) atoms. The minimum Gasteiger partial charge on any atom is -0.379 e. The fourth-order valence-corrected chi connectivity index (χ4v) is 1.57. The summed E-state index contributed by atoms with van der Waals surface area (Å²) in [7, 11) is 0. The van der Waals surface area contributed by atoms with Crippen LogP contribution in [0.4, 0.5) is 15.8 Å². The lowest BCUT2D eigenvalue weighted by Gasteiger charge is -2.07. The highest BCUT2D eigenvalue weighted by Crippen LogP contribution is 2.30. The summed E-state index contributed by atoms with van der Waals surface area (Å²) in [6.45, 7) is 2.66. The van der Waals surface area contributed by atoms with Gasteiger partial charge < -0.3 is 5.32 Å². The number of hydrogen-bond acceptors (Lipinski definition) is 3. The van der Waals surface area contributed by atoms with Crippen LogP contribution in [0.25, 0.3) is 0 Å². The Labute approximate surface area is 101 Å². The number of halogens is 2. The van der Waals surface area contributed by atoms with Gasteiger partial charge >= 0.3 is 0 Å². The first kappa shape index (κ1) is 12.9. The van der Waals surface area contributed by atoms with Gasteiger partial charge in [-0.2, -0.15) is 0 Å². The maximum atomic E-state index is 13.1. The van der Waals surface area contributed by atoms with Crippen LogP contribution >= 0.6 is 15.9 Å². The molecule has 0 amide bonds. The normalized spacial score (nSPS) is 10.2. The summed E-state index contributed by atoms with van der Waals surface area (Å²) in [5.41, 5.74) is 0.100. The predicted octanol–water partition coefficient (Wildman–Crippen LogP) is 3.71. The molecule has 0 aliphatic carbocycles. The molecule has 4 nitrogen and oxygen atoms in total. The molecule has 0 fully saturated rings. The van der Waals surface area contributed by atoms with Gasteiger partial charge in [-0.1, -0.05) is 13.3 Å². The number of nitro groups is 1. The fraction of sp³-hybridized carbons (Fsp3) is 0.400. The predicted molar refractivity (Wildman–Crippen MR) is 64.2 cm³/mol. The van der Waals surface area contributed by atoms with E-state index in [1.807, 2.05) is 6.92 Å². The van der Waals surface area contributed by atoms with Gasteiger partial charge in [-0.05, 0) is 28.4 Å². The largest absolute Gasteiger partial charge is 0.379 e. The van der Waals surface area contributed by atoms with Crippen molar-refractivity contribution in [1.82, 2.24) is 0 Å². The van der Waals surface area contributed by atoms with Crippen LogP contribution in [0.1, 0.15) is 19.8 Å². The number of rotatable bonds is 5. The summed E-state index contributed by atoms with van der Waals surface area (Å²) in [5.74, 6) is -0.632. The summed E-state index contributed by atoms with van der Waals surface area (Å²) in [6, 6.07) is 2.31. The SMILES string of the molecule is CCCCNc1cc(Br)c(F)cc1[N+](=O)[O-]. The van der Waals surface area contributed by atoms with Crippen LogP contribution in [-0.4, -0.2) is 11.5 Å². The molecule has 0 saturated heterocycles. The van der Waals surface area contributed by atoms with Crippen molar-refractivity contribution in [2.24, 2.45) is 0 Å². The molecule has 0 radical (unpaired) electrons. The lowest BCUT2D eigenvalue weighted by molar-refractivity contribution is -0.384. The van der Waals surface area contributed by atoms with Crippen molar-refractivity contribution in [2.45, 2.75) is 19.8 Å². The van der Waals surface area contributed by atoms with Gasteiger partial charge in [-0.15, -0.1) is 0 Å². The van der Waals surface area contributed by atoms with Crippen LogP contribution in [0.3, 0.4) is 0 Å². The van der Waals surface area contributed by atoms with Crippen molar-refractivity contribution < 1.29 is 9.31 Å². The van der Waals surface area contributed by atoms with E-state index < -0.39 is 10.7 Å². The van der Waals surface area contributed by atoms with Crippen molar-refractivity contribution in [2.75, 3.05) is 11.9 Å². The summed E-state index contributed by atoms with van der Waals surface area (Å²) in [4.78, 5) is 10.1. The molecule has 88 valence electrons. The number of nitrogens with zero attached hydrogens (tertiary/aromatic N) is 1.